The maximum Gasteiger partial charge on any atom is 0.261 e. The lowest BCUT2D eigenvalue weighted by molar-refractivity contribution is -0.247. The van der Waals surface area contributed by atoms with E-state index in [4.69, 9.17) is 9.47 Å². The Morgan fingerprint density at radius 2 is 1.76 bits per heavy atom. The van der Waals surface area contributed by atoms with Crippen molar-refractivity contribution in [2.24, 2.45) is 0 Å². The fourth-order valence-electron chi connectivity index (χ4n) is 2.46. The Morgan fingerprint density at radius 3 is 2.43 bits per heavy atom. The fraction of sp³-hybridized carbons (Fsp3) is 0.467. The Labute approximate surface area is 123 Å². The van der Waals surface area contributed by atoms with E-state index >= 15 is 0 Å². The number of imide groups is 1. The van der Waals surface area contributed by atoms with Gasteiger partial charge in [0.1, 0.15) is 0 Å². The summed E-state index contributed by atoms with van der Waals surface area (Å²) in [5.74, 6) is -1.08. The minimum atomic E-state index is -0.554. The quantitative estimate of drug-likeness (QED) is 0.836. The molecule has 6 heteroatoms. The highest BCUT2D eigenvalue weighted by Crippen LogP contribution is 2.26. The molecule has 0 atom stereocenters. The summed E-state index contributed by atoms with van der Waals surface area (Å²) < 4.78 is 11.2. The van der Waals surface area contributed by atoms with Crippen molar-refractivity contribution in [2.45, 2.75) is 25.7 Å². The van der Waals surface area contributed by atoms with Crippen LogP contribution in [0.1, 0.15) is 34.6 Å². The molecule has 0 radical (unpaired) electrons. The van der Waals surface area contributed by atoms with Crippen molar-refractivity contribution in [1.82, 2.24) is 4.90 Å². The second-order valence-electron chi connectivity index (χ2n) is 5.79. The summed E-state index contributed by atoms with van der Waals surface area (Å²) in [5.41, 5.74) is 1.66. The Balaban J connectivity index is 1.74. The van der Waals surface area contributed by atoms with Crippen molar-refractivity contribution in [2.75, 3.05) is 25.6 Å². The van der Waals surface area contributed by atoms with Gasteiger partial charge in [0.25, 0.3) is 11.8 Å². The predicted molar refractivity (Wildman–Crippen MR) is 76.3 cm³/mol. The van der Waals surface area contributed by atoms with Crippen molar-refractivity contribution in [3.63, 3.8) is 0 Å². The molecule has 2 aliphatic rings. The zero-order valence-corrected chi connectivity index (χ0v) is 12.3. The topological polar surface area (TPSA) is 67.9 Å². The number of hydrogen-bond donors (Lipinski definition) is 1. The van der Waals surface area contributed by atoms with E-state index in [0.717, 1.165) is 10.6 Å². The van der Waals surface area contributed by atoms with Crippen molar-refractivity contribution >= 4 is 17.5 Å². The van der Waals surface area contributed by atoms with Crippen molar-refractivity contribution in [3.8, 4) is 0 Å². The van der Waals surface area contributed by atoms with Gasteiger partial charge in [0, 0.05) is 12.7 Å². The summed E-state index contributed by atoms with van der Waals surface area (Å²) in [6.07, 6.45) is 0. The third-order valence-corrected chi connectivity index (χ3v) is 3.72. The molecule has 0 bridgehead atoms. The van der Waals surface area contributed by atoms with Crippen LogP contribution in [0.5, 0.6) is 0 Å². The maximum atomic E-state index is 12.0. The lowest BCUT2D eigenvalue weighted by atomic mass is 10.1. The molecule has 0 aromatic heterocycles. The number of rotatable bonds is 2. The molecule has 21 heavy (non-hydrogen) atoms. The average molecular weight is 290 g/mol. The first kappa shape index (κ1) is 14.0. The molecule has 2 amide bonds. The van der Waals surface area contributed by atoms with Gasteiger partial charge in [0.05, 0.1) is 30.4 Å². The first-order valence-corrected chi connectivity index (χ1v) is 6.88. The van der Waals surface area contributed by atoms with Crippen LogP contribution in [0.15, 0.2) is 18.2 Å². The van der Waals surface area contributed by atoms with Crippen LogP contribution >= 0.6 is 0 Å². The summed E-state index contributed by atoms with van der Waals surface area (Å²) in [5, 5.41) is 3.27. The number of ether oxygens (including phenoxy) is 2. The predicted octanol–water partition coefficient (Wildman–Crippen LogP) is 1.48. The van der Waals surface area contributed by atoms with E-state index in [9.17, 15) is 9.59 Å². The first-order valence-electron chi connectivity index (χ1n) is 6.88. The molecule has 1 N–H and O–H groups in total. The number of anilines is 1. The molecule has 2 aliphatic heterocycles. The number of fused-ring (bicyclic) bond motifs is 1. The molecule has 0 unspecified atom stereocenters. The van der Waals surface area contributed by atoms with Crippen molar-refractivity contribution in [3.05, 3.63) is 29.3 Å². The summed E-state index contributed by atoms with van der Waals surface area (Å²) in [4.78, 5) is 24.9. The van der Waals surface area contributed by atoms with Crippen molar-refractivity contribution in [1.29, 1.82) is 0 Å². The SMILES string of the molecule is CN1C(=O)c2ccc(NC3COC(C)(C)OC3)cc2C1=O. The number of carbonyl (C=O) groups excluding carboxylic acids is 2. The molecule has 6 nitrogen and oxygen atoms in total. The van der Waals surface area contributed by atoms with Crippen LogP contribution in [0, 0.1) is 0 Å². The van der Waals surface area contributed by atoms with E-state index in [1.54, 1.807) is 18.2 Å². The highest BCUT2D eigenvalue weighted by molar-refractivity contribution is 6.21. The Bertz CT molecular complexity index is 602. The molecule has 112 valence electrons. The van der Waals surface area contributed by atoms with Gasteiger partial charge in [-0.2, -0.15) is 0 Å². The zero-order valence-electron chi connectivity index (χ0n) is 12.3. The molecule has 2 heterocycles. The highest BCUT2D eigenvalue weighted by atomic mass is 16.7. The van der Waals surface area contributed by atoms with E-state index in [2.05, 4.69) is 5.32 Å². The number of nitrogens with one attached hydrogen (secondary N) is 1. The number of carbonyl (C=O) groups is 2. The molecular weight excluding hydrogens is 272 g/mol. The minimum Gasteiger partial charge on any atom is -0.378 e. The Morgan fingerprint density at radius 1 is 1.14 bits per heavy atom. The normalized spacial score (nSPS) is 21.6. The Hall–Kier alpha value is -1.92. The molecule has 0 saturated carbocycles. The van der Waals surface area contributed by atoms with E-state index in [1.165, 1.54) is 7.05 Å². The van der Waals surface area contributed by atoms with Gasteiger partial charge < -0.3 is 14.8 Å². The maximum absolute atomic E-state index is 12.0. The highest BCUT2D eigenvalue weighted by Gasteiger charge is 2.33. The fourth-order valence-corrected chi connectivity index (χ4v) is 2.46. The largest absolute Gasteiger partial charge is 0.378 e. The third kappa shape index (κ3) is 2.52. The van der Waals surface area contributed by atoms with Crippen LogP contribution in [0.2, 0.25) is 0 Å². The van der Waals surface area contributed by atoms with Gasteiger partial charge >= 0.3 is 0 Å². The van der Waals surface area contributed by atoms with Crippen LogP contribution in [-0.4, -0.2) is 48.8 Å². The van der Waals surface area contributed by atoms with Crippen LogP contribution in [-0.2, 0) is 9.47 Å². The van der Waals surface area contributed by atoms with Gasteiger partial charge in [0.2, 0.25) is 0 Å². The second-order valence-corrected chi connectivity index (χ2v) is 5.79. The summed E-state index contributed by atoms with van der Waals surface area (Å²) in [6.45, 7) is 4.80. The molecular formula is C15H18N2O4. The lowest BCUT2D eigenvalue weighted by Crippen LogP contribution is -2.45. The molecule has 0 aliphatic carbocycles. The first-order chi connectivity index (χ1) is 9.87. The van der Waals surface area contributed by atoms with Crippen LogP contribution in [0.4, 0.5) is 5.69 Å². The Kier molecular flexibility index (Phi) is 3.22. The van der Waals surface area contributed by atoms with E-state index in [-0.39, 0.29) is 17.9 Å². The monoisotopic (exact) mass is 290 g/mol. The second kappa shape index (κ2) is 4.82. The van der Waals surface area contributed by atoms with Crippen LogP contribution in [0.25, 0.3) is 0 Å². The van der Waals surface area contributed by atoms with Gasteiger partial charge in [-0.3, -0.25) is 14.5 Å². The van der Waals surface area contributed by atoms with E-state index < -0.39 is 5.79 Å². The smallest absolute Gasteiger partial charge is 0.261 e. The van der Waals surface area contributed by atoms with Gasteiger partial charge in [-0.05, 0) is 32.0 Å². The molecule has 0 spiro atoms. The van der Waals surface area contributed by atoms with Crippen LogP contribution in [0.3, 0.4) is 0 Å². The average Bonchev–Trinajstić information content (AvgIpc) is 2.66. The number of nitrogens with zero attached hydrogens (tertiary/aromatic N) is 1. The number of hydrogen-bond acceptors (Lipinski definition) is 5. The van der Waals surface area contributed by atoms with E-state index in [0.29, 0.717) is 24.3 Å². The van der Waals surface area contributed by atoms with Gasteiger partial charge in [-0.15, -0.1) is 0 Å². The van der Waals surface area contributed by atoms with Gasteiger partial charge in [0.15, 0.2) is 5.79 Å². The molecule has 1 aromatic rings. The molecule has 3 rings (SSSR count). The zero-order chi connectivity index (χ0) is 15.2. The summed E-state index contributed by atoms with van der Waals surface area (Å²) in [6, 6.07) is 5.19. The van der Waals surface area contributed by atoms with Crippen molar-refractivity contribution < 1.29 is 19.1 Å². The van der Waals surface area contributed by atoms with Crippen LogP contribution < -0.4 is 5.32 Å². The minimum absolute atomic E-state index is 0.0148. The standard InChI is InChI=1S/C15H18N2O4/c1-15(2)20-7-10(8-21-15)16-9-4-5-11-12(6-9)14(19)17(3)13(11)18/h4-6,10,16H,7-8H2,1-3H3. The van der Waals surface area contributed by atoms with E-state index in [1.807, 2.05) is 13.8 Å². The summed E-state index contributed by atoms with van der Waals surface area (Å²) >= 11 is 0. The summed E-state index contributed by atoms with van der Waals surface area (Å²) in [7, 11) is 1.49. The third-order valence-electron chi connectivity index (χ3n) is 3.72. The van der Waals surface area contributed by atoms with Gasteiger partial charge in [-0.1, -0.05) is 0 Å². The molecule has 1 saturated heterocycles. The van der Waals surface area contributed by atoms with Gasteiger partial charge in [-0.25, -0.2) is 0 Å². The lowest BCUT2D eigenvalue weighted by Gasteiger charge is -2.35. The number of amides is 2. The molecule has 1 fully saturated rings. The number of benzene rings is 1. The molecule has 1 aromatic carbocycles.